The highest BCUT2D eigenvalue weighted by Crippen LogP contribution is 2.36. The van der Waals surface area contributed by atoms with E-state index in [1.165, 1.54) is 4.31 Å². The summed E-state index contributed by atoms with van der Waals surface area (Å²) in [5, 5.41) is 13.7. The number of nitrogens with zero attached hydrogens (tertiary/aromatic N) is 2. The molecule has 0 aliphatic heterocycles. The summed E-state index contributed by atoms with van der Waals surface area (Å²) in [5.41, 5.74) is 4.56. The first-order valence-electron chi connectivity index (χ1n) is 12.8. The van der Waals surface area contributed by atoms with Crippen LogP contribution in [0.5, 0.6) is 0 Å². The molecule has 1 N–H and O–H groups in total. The molecule has 0 aliphatic carbocycles. The zero-order valence-corrected chi connectivity index (χ0v) is 24.7. The second-order valence-corrected chi connectivity index (χ2v) is 18.1. The first kappa shape index (κ1) is 29.1. The minimum atomic E-state index is -4.07. The summed E-state index contributed by atoms with van der Waals surface area (Å²) in [6.45, 7) is 12.7. The van der Waals surface area contributed by atoms with E-state index in [0.717, 1.165) is 42.0 Å². The Morgan fingerprint density at radius 1 is 1.08 bits per heavy atom. The van der Waals surface area contributed by atoms with Crippen LogP contribution >= 0.6 is 0 Å². The molecule has 0 bridgehead atoms. The second-order valence-electron chi connectivity index (χ2n) is 10.6. The van der Waals surface area contributed by atoms with Gasteiger partial charge in [0.25, 0.3) is 10.0 Å². The lowest BCUT2D eigenvalue weighted by atomic mass is 9.94. The monoisotopic (exact) mass is 544 g/mol. The molecule has 3 rings (SSSR count). The van der Waals surface area contributed by atoms with Crippen molar-refractivity contribution < 1.29 is 22.8 Å². The second kappa shape index (κ2) is 12.4. The van der Waals surface area contributed by atoms with Gasteiger partial charge in [-0.25, -0.2) is 12.7 Å². The molecule has 0 radical (unpaired) electrons. The Morgan fingerprint density at radius 2 is 1.81 bits per heavy atom. The minimum Gasteiger partial charge on any atom is -0.392 e. The highest BCUT2D eigenvalue weighted by molar-refractivity contribution is 7.93. The van der Waals surface area contributed by atoms with Gasteiger partial charge in [0.05, 0.1) is 17.2 Å². The molecule has 0 spiro atoms. The van der Waals surface area contributed by atoms with E-state index in [2.05, 4.69) is 31.7 Å². The molecule has 0 unspecified atom stereocenters. The average molecular weight is 545 g/mol. The average Bonchev–Trinajstić information content (AvgIpc) is 3.19. The molecule has 7 nitrogen and oxygen atoms in total. The summed E-state index contributed by atoms with van der Waals surface area (Å²) in [7, 11) is -5.42. The maximum Gasteiger partial charge on any atom is 0.269 e. The number of aliphatic hydroxyl groups excluding tert-OH is 1. The van der Waals surface area contributed by atoms with Gasteiger partial charge in [0, 0.05) is 25.8 Å². The van der Waals surface area contributed by atoms with Gasteiger partial charge in [-0.1, -0.05) is 74.5 Å². The standard InChI is InChI=1S/C28H40N2O5SSi/c1-7-8-11-24-18-23(19-31)14-15-25(24)26-12-9-10-13-27(26)36(32,33)30(20-34-16-17-37(4,5)6)28-21(2)22(3)29-35-28/h9-10,12-15,18,31H,7-8,11,16-17,19-20H2,1-6H3. The molecule has 0 fully saturated rings. The summed E-state index contributed by atoms with van der Waals surface area (Å²) < 4.78 is 41.1. The summed E-state index contributed by atoms with van der Waals surface area (Å²) in [6, 6.07) is 13.7. The van der Waals surface area contributed by atoms with Gasteiger partial charge in [-0.15, -0.1) is 0 Å². The van der Waals surface area contributed by atoms with Crippen molar-refractivity contribution in [3.63, 3.8) is 0 Å². The predicted octanol–water partition coefficient (Wildman–Crippen LogP) is 6.30. The Kier molecular flexibility index (Phi) is 9.74. The Balaban J connectivity index is 2.09. The van der Waals surface area contributed by atoms with Crippen LogP contribution in [0.25, 0.3) is 11.1 Å². The molecule has 0 saturated carbocycles. The number of anilines is 1. The molecule has 0 atom stereocenters. The number of ether oxygens (including phenoxy) is 1. The van der Waals surface area contributed by atoms with E-state index < -0.39 is 18.1 Å². The third-order valence-corrected chi connectivity index (χ3v) is 9.93. The molecular formula is C28H40N2O5SSi. The first-order chi connectivity index (χ1) is 17.5. The topological polar surface area (TPSA) is 92.9 Å². The summed E-state index contributed by atoms with van der Waals surface area (Å²) in [4.78, 5) is 0.173. The molecule has 3 aromatic rings. The Hall–Kier alpha value is -2.46. The van der Waals surface area contributed by atoms with Crippen molar-refractivity contribution >= 4 is 24.0 Å². The molecular weight excluding hydrogens is 504 g/mol. The van der Waals surface area contributed by atoms with Crippen molar-refractivity contribution in [2.75, 3.05) is 17.6 Å². The third-order valence-electron chi connectivity index (χ3n) is 6.46. The van der Waals surface area contributed by atoms with Crippen LogP contribution < -0.4 is 4.31 Å². The maximum absolute atomic E-state index is 14.3. The van der Waals surface area contributed by atoms with Gasteiger partial charge in [-0.2, -0.15) is 0 Å². The van der Waals surface area contributed by atoms with E-state index in [1.54, 1.807) is 26.0 Å². The molecule has 0 amide bonds. The molecule has 0 saturated heterocycles. The lowest BCUT2D eigenvalue weighted by Gasteiger charge is -2.24. The number of unbranched alkanes of at least 4 members (excludes halogenated alkanes) is 1. The van der Waals surface area contributed by atoms with Crippen LogP contribution in [-0.2, 0) is 27.8 Å². The van der Waals surface area contributed by atoms with Gasteiger partial charge >= 0.3 is 0 Å². The van der Waals surface area contributed by atoms with Crippen LogP contribution in [0.4, 0.5) is 5.88 Å². The third kappa shape index (κ3) is 7.10. The highest BCUT2D eigenvalue weighted by atomic mass is 32.2. The van der Waals surface area contributed by atoms with Crippen LogP contribution in [-0.4, -0.2) is 40.1 Å². The van der Waals surface area contributed by atoms with Crippen LogP contribution in [0.2, 0.25) is 25.7 Å². The van der Waals surface area contributed by atoms with Crippen LogP contribution in [0.15, 0.2) is 51.9 Å². The van der Waals surface area contributed by atoms with Gasteiger partial charge < -0.3 is 14.4 Å². The quantitative estimate of drug-likeness (QED) is 0.154. The van der Waals surface area contributed by atoms with Crippen molar-refractivity contribution in [2.24, 2.45) is 0 Å². The minimum absolute atomic E-state index is 0.0635. The van der Waals surface area contributed by atoms with Gasteiger partial charge in [-0.3, -0.25) is 0 Å². The van der Waals surface area contributed by atoms with E-state index >= 15 is 0 Å². The van der Waals surface area contributed by atoms with E-state index in [1.807, 2.05) is 30.3 Å². The van der Waals surface area contributed by atoms with Gasteiger partial charge in [-0.05, 0) is 55.5 Å². The number of rotatable bonds is 13. The lowest BCUT2D eigenvalue weighted by molar-refractivity contribution is 0.153. The number of aromatic nitrogens is 1. The molecule has 1 aromatic heterocycles. The Morgan fingerprint density at radius 3 is 2.43 bits per heavy atom. The summed E-state index contributed by atoms with van der Waals surface area (Å²) in [5.74, 6) is 0.169. The van der Waals surface area contributed by atoms with Gasteiger partial charge in [0.2, 0.25) is 5.88 Å². The van der Waals surface area contributed by atoms with Crippen molar-refractivity contribution in [1.82, 2.24) is 5.16 Å². The van der Waals surface area contributed by atoms with Crippen molar-refractivity contribution in [3.05, 3.63) is 64.8 Å². The Bertz CT molecular complexity index is 1300. The van der Waals surface area contributed by atoms with E-state index in [4.69, 9.17) is 9.26 Å². The molecule has 202 valence electrons. The fourth-order valence-electron chi connectivity index (χ4n) is 4.01. The Labute approximate surface area is 222 Å². The van der Waals surface area contributed by atoms with Crippen LogP contribution in [0, 0.1) is 13.8 Å². The summed E-state index contributed by atoms with van der Waals surface area (Å²) >= 11 is 0. The fraction of sp³-hybridized carbons (Fsp3) is 0.464. The number of sulfonamides is 1. The number of aryl methyl sites for hydroxylation is 2. The zero-order valence-electron chi connectivity index (χ0n) is 22.9. The highest BCUT2D eigenvalue weighted by Gasteiger charge is 2.32. The summed E-state index contributed by atoms with van der Waals surface area (Å²) in [6.07, 6.45) is 2.76. The SMILES string of the molecule is CCCCc1cc(CO)ccc1-c1ccccc1S(=O)(=O)N(COCC[Si](C)(C)C)c1onc(C)c1C. The maximum atomic E-state index is 14.3. The van der Waals surface area contributed by atoms with E-state index in [0.29, 0.717) is 23.4 Å². The van der Waals surface area contributed by atoms with Crippen molar-refractivity contribution in [2.45, 2.75) is 77.2 Å². The lowest BCUT2D eigenvalue weighted by Crippen LogP contribution is -2.34. The smallest absolute Gasteiger partial charge is 0.269 e. The first-order valence-corrected chi connectivity index (χ1v) is 18.0. The van der Waals surface area contributed by atoms with E-state index in [9.17, 15) is 13.5 Å². The zero-order chi connectivity index (χ0) is 27.2. The van der Waals surface area contributed by atoms with Gasteiger partial charge in [0.15, 0.2) is 0 Å². The number of hydrogen-bond acceptors (Lipinski definition) is 6. The van der Waals surface area contributed by atoms with Crippen LogP contribution in [0.3, 0.4) is 0 Å². The number of aliphatic hydroxyl groups is 1. The molecule has 37 heavy (non-hydrogen) atoms. The predicted molar refractivity (Wildman–Crippen MR) is 151 cm³/mol. The van der Waals surface area contributed by atoms with Gasteiger partial charge in [0.1, 0.15) is 6.73 Å². The number of benzene rings is 2. The largest absolute Gasteiger partial charge is 0.392 e. The molecule has 0 aliphatic rings. The normalized spacial score (nSPS) is 12.2. The molecule has 1 heterocycles. The van der Waals surface area contributed by atoms with Crippen LogP contribution in [0.1, 0.15) is 42.1 Å². The van der Waals surface area contributed by atoms with E-state index in [-0.39, 0.29) is 24.1 Å². The fourth-order valence-corrected chi connectivity index (χ4v) is 6.32. The van der Waals surface area contributed by atoms with Crippen molar-refractivity contribution in [1.29, 1.82) is 0 Å². The number of hydrogen-bond donors (Lipinski definition) is 1. The molecule has 2 aromatic carbocycles. The molecule has 9 heteroatoms. The van der Waals surface area contributed by atoms with Crippen molar-refractivity contribution in [3.8, 4) is 11.1 Å².